The Hall–Kier alpha value is -2.59. The van der Waals surface area contributed by atoms with E-state index in [4.69, 9.17) is 4.55 Å². The second-order valence-electron chi connectivity index (χ2n) is 4.37. The second kappa shape index (κ2) is 9.53. The largest absolute Gasteiger partial charge is 0.509 e. The van der Waals surface area contributed by atoms with Gasteiger partial charge in [-0.25, -0.2) is 9.00 Å². The number of azo groups is 1. The molecule has 2 N–H and O–H groups in total. The molecule has 130 valence electrons. The first kappa shape index (κ1) is 19.5. The standard InChI is InChI=1S/C14H16N2O7S/c1-22-12(18)7-11(17)13(14(19)23-2)16-15-10-5-3-9(4-6-10)8-24(20)21/h3-6,17H,7-8H2,1-2H3,(H,20,21). The molecule has 0 aliphatic rings. The van der Waals surface area contributed by atoms with Crippen molar-refractivity contribution in [2.24, 2.45) is 10.2 Å². The first-order valence-electron chi connectivity index (χ1n) is 6.52. The minimum atomic E-state index is -1.95. The molecule has 0 saturated carbocycles. The van der Waals surface area contributed by atoms with E-state index in [1.807, 2.05) is 0 Å². The predicted molar refractivity (Wildman–Crippen MR) is 83.7 cm³/mol. The Morgan fingerprint density at radius 1 is 1.17 bits per heavy atom. The predicted octanol–water partition coefficient (Wildman–Crippen LogP) is 2.00. The molecule has 1 rings (SSSR count). The molecule has 1 atom stereocenters. The van der Waals surface area contributed by atoms with E-state index >= 15 is 0 Å². The molecule has 0 bridgehead atoms. The highest BCUT2D eigenvalue weighted by Gasteiger charge is 2.18. The molecule has 0 amide bonds. The number of carbonyl (C=O) groups is 2. The Kier molecular flexibility index (Phi) is 7.72. The Bertz CT molecular complexity index is 683. The number of aliphatic hydroxyl groups is 1. The van der Waals surface area contributed by atoms with Gasteiger partial charge in [-0.3, -0.25) is 4.79 Å². The lowest BCUT2D eigenvalue weighted by Crippen LogP contribution is -2.09. The lowest BCUT2D eigenvalue weighted by molar-refractivity contribution is -0.140. The van der Waals surface area contributed by atoms with E-state index in [0.717, 1.165) is 14.2 Å². The van der Waals surface area contributed by atoms with Crippen LogP contribution in [0, 0.1) is 0 Å². The summed E-state index contributed by atoms with van der Waals surface area (Å²) >= 11 is -1.95. The van der Waals surface area contributed by atoms with Gasteiger partial charge < -0.3 is 19.1 Å². The van der Waals surface area contributed by atoms with Crippen LogP contribution in [-0.2, 0) is 35.9 Å². The van der Waals surface area contributed by atoms with Crippen molar-refractivity contribution in [3.63, 3.8) is 0 Å². The number of rotatable bonds is 7. The maximum absolute atomic E-state index is 11.6. The van der Waals surface area contributed by atoms with Crippen molar-refractivity contribution in [3.8, 4) is 0 Å². The topological polar surface area (TPSA) is 135 Å². The van der Waals surface area contributed by atoms with Gasteiger partial charge >= 0.3 is 11.9 Å². The Labute approximate surface area is 140 Å². The Morgan fingerprint density at radius 3 is 2.29 bits per heavy atom. The Balaban J connectivity index is 2.99. The van der Waals surface area contributed by atoms with E-state index in [-0.39, 0.29) is 5.75 Å². The first-order chi connectivity index (χ1) is 11.4. The smallest absolute Gasteiger partial charge is 0.362 e. The molecule has 1 aromatic carbocycles. The van der Waals surface area contributed by atoms with Gasteiger partial charge in [-0.05, 0) is 17.7 Å². The van der Waals surface area contributed by atoms with Gasteiger partial charge in [0, 0.05) is 0 Å². The summed E-state index contributed by atoms with van der Waals surface area (Å²) in [7, 11) is 2.23. The number of nitrogens with zero attached hydrogens (tertiary/aromatic N) is 2. The van der Waals surface area contributed by atoms with Gasteiger partial charge in [-0.1, -0.05) is 12.1 Å². The number of benzene rings is 1. The molecule has 10 heteroatoms. The number of hydrogen-bond donors (Lipinski definition) is 2. The molecule has 0 heterocycles. The highest BCUT2D eigenvalue weighted by molar-refractivity contribution is 7.78. The van der Waals surface area contributed by atoms with Gasteiger partial charge in [0.05, 0.1) is 25.7 Å². The first-order valence-corrected chi connectivity index (χ1v) is 7.80. The minimum Gasteiger partial charge on any atom is -0.509 e. The zero-order valence-electron chi connectivity index (χ0n) is 13.0. The van der Waals surface area contributed by atoms with Crippen LogP contribution in [0.15, 0.2) is 46.0 Å². The van der Waals surface area contributed by atoms with Crippen molar-refractivity contribution in [2.45, 2.75) is 12.2 Å². The molecule has 9 nitrogen and oxygen atoms in total. The Morgan fingerprint density at radius 2 is 1.79 bits per heavy atom. The van der Waals surface area contributed by atoms with E-state index in [2.05, 4.69) is 19.7 Å². The summed E-state index contributed by atoms with van der Waals surface area (Å²) in [4.78, 5) is 22.8. The van der Waals surface area contributed by atoms with E-state index in [9.17, 15) is 18.9 Å². The van der Waals surface area contributed by atoms with Crippen LogP contribution < -0.4 is 0 Å². The fraction of sp³-hybridized carbons (Fsp3) is 0.286. The number of ether oxygens (including phenoxy) is 2. The maximum Gasteiger partial charge on any atom is 0.362 e. The molecule has 0 aliphatic carbocycles. The van der Waals surface area contributed by atoms with Crippen molar-refractivity contribution in [1.82, 2.24) is 0 Å². The van der Waals surface area contributed by atoms with E-state index in [1.54, 1.807) is 12.1 Å². The monoisotopic (exact) mass is 356 g/mol. The van der Waals surface area contributed by atoms with Crippen LogP contribution in [0.3, 0.4) is 0 Å². The number of aliphatic hydroxyl groups excluding tert-OH is 1. The molecule has 1 unspecified atom stereocenters. The van der Waals surface area contributed by atoms with E-state index < -0.39 is 40.9 Å². The zero-order chi connectivity index (χ0) is 18.1. The van der Waals surface area contributed by atoms with Crippen molar-refractivity contribution in [2.75, 3.05) is 14.2 Å². The van der Waals surface area contributed by atoms with E-state index in [0.29, 0.717) is 11.3 Å². The summed E-state index contributed by atoms with van der Waals surface area (Å²) in [6.07, 6.45) is -0.554. The molecule has 24 heavy (non-hydrogen) atoms. The van der Waals surface area contributed by atoms with Crippen LogP contribution in [0.1, 0.15) is 12.0 Å². The zero-order valence-corrected chi connectivity index (χ0v) is 13.8. The van der Waals surface area contributed by atoms with Crippen LogP contribution in [0.4, 0.5) is 5.69 Å². The van der Waals surface area contributed by atoms with Gasteiger partial charge in [0.25, 0.3) is 0 Å². The quantitative estimate of drug-likeness (QED) is 0.251. The summed E-state index contributed by atoms with van der Waals surface area (Å²) in [6.45, 7) is 0. The third kappa shape index (κ3) is 6.26. The van der Waals surface area contributed by atoms with Crippen molar-refractivity contribution < 1.29 is 32.9 Å². The molecular weight excluding hydrogens is 340 g/mol. The fourth-order valence-corrected chi connectivity index (χ4v) is 1.99. The third-order valence-electron chi connectivity index (χ3n) is 2.68. The number of carbonyl (C=O) groups excluding carboxylic acids is 2. The van der Waals surface area contributed by atoms with Gasteiger partial charge in [0.15, 0.2) is 11.1 Å². The van der Waals surface area contributed by atoms with Crippen LogP contribution in [0.25, 0.3) is 0 Å². The van der Waals surface area contributed by atoms with Crippen LogP contribution in [0.5, 0.6) is 0 Å². The molecule has 0 radical (unpaired) electrons. The minimum absolute atomic E-state index is 0.0232. The molecular formula is C14H16N2O7S. The molecule has 0 aromatic heterocycles. The van der Waals surface area contributed by atoms with Crippen molar-refractivity contribution in [3.05, 3.63) is 41.3 Å². The number of esters is 2. The van der Waals surface area contributed by atoms with E-state index in [1.165, 1.54) is 12.1 Å². The summed E-state index contributed by atoms with van der Waals surface area (Å²) in [5.41, 5.74) is 0.422. The molecule has 1 aromatic rings. The number of hydrogen-bond acceptors (Lipinski definition) is 8. The maximum atomic E-state index is 11.6. The lowest BCUT2D eigenvalue weighted by Gasteiger charge is -2.03. The average molecular weight is 356 g/mol. The highest BCUT2D eigenvalue weighted by Crippen LogP contribution is 2.18. The lowest BCUT2D eigenvalue weighted by atomic mass is 10.2. The second-order valence-corrected chi connectivity index (χ2v) is 5.30. The van der Waals surface area contributed by atoms with Gasteiger partial charge in [0.2, 0.25) is 5.70 Å². The SMILES string of the molecule is COC(=O)CC(O)=C(N=Nc1ccc(CS(=O)O)cc1)C(=O)OC. The molecule has 0 aliphatic heterocycles. The third-order valence-corrected chi connectivity index (χ3v) is 3.26. The van der Waals surface area contributed by atoms with Crippen LogP contribution in [-0.4, -0.2) is 40.0 Å². The van der Waals surface area contributed by atoms with Crippen LogP contribution in [0.2, 0.25) is 0 Å². The summed E-state index contributed by atoms with van der Waals surface area (Å²) in [5.74, 6) is -2.38. The number of methoxy groups -OCH3 is 2. The van der Waals surface area contributed by atoms with Crippen LogP contribution >= 0.6 is 0 Å². The molecule has 0 saturated heterocycles. The summed E-state index contributed by atoms with van der Waals surface area (Å²) in [6, 6.07) is 6.16. The van der Waals surface area contributed by atoms with Crippen molar-refractivity contribution >= 4 is 28.7 Å². The highest BCUT2D eigenvalue weighted by atomic mass is 32.2. The van der Waals surface area contributed by atoms with Gasteiger partial charge in [0.1, 0.15) is 12.2 Å². The van der Waals surface area contributed by atoms with Gasteiger partial charge in [-0.15, -0.1) is 5.11 Å². The summed E-state index contributed by atoms with van der Waals surface area (Å²) < 4.78 is 28.4. The summed E-state index contributed by atoms with van der Waals surface area (Å²) in [5, 5.41) is 17.2. The van der Waals surface area contributed by atoms with Crippen molar-refractivity contribution in [1.29, 1.82) is 0 Å². The van der Waals surface area contributed by atoms with Gasteiger partial charge in [-0.2, -0.15) is 5.11 Å². The normalized spacial score (nSPS) is 13.3. The molecule has 0 spiro atoms. The average Bonchev–Trinajstić information content (AvgIpc) is 2.55. The molecule has 0 fully saturated rings. The fourth-order valence-electron chi connectivity index (χ4n) is 1.51.